The molecule has 0 spiro atoms. The maximum absolute atomic E-state index is 12.2. The van der Waals surface area contributed by atoms with E-state index in [-0.39, 0.29) is 5.91 Å². The van der Waals surface area contributed by atoms with Crippen LogP contribution in [0.2, 0.25) is 0 Å². The van der Waals surface area contributed by atoms with Crippen molar-refractivity contribution >= 4 is 17.2 Å². The Labute approximate surface area is 150 Å². The van der Waals surface area contributed by atoms with Crippen LogP contribution >= 0.6 is 11.3 Å². The Hall–Kier alpha value is -2.73. The van der Waals surface area contributed by atoms with Crippen LogP contribution in [0.4, 0.5) is 0 Å². The third kappa shape index (κ3) is 5.12. The van der Waals surface area contributed by atoms with Gasteiger partial charge in [-0.25, -0.2) is 4.98 Å². The van der Waals surface area contributed by atoms with Crippen molar-refractivity contribution in [3.05, 3.63) is 76.0 Å². The molecule has 25 heavy (non-hydrogen) atoms. The quantitative estimate of drug-likeness (QED) is 0.707. The Morgan fingerprint density at radius 3 is 2.60 bits per heavy atom. The van der Waals surface area contributed by atoms with Gasteiger partial charge < -0.3 is 10.1 Å². The second-order valence-corrected chi connectivity index (χ2v) is 6.50. The number of hydrogen-bond donors (Lipinski definition) is 1. The number of hydrogen-bond acceptors (Lipinski definition) is 5. The van der Waals surface area contributed by atoms with E-state index in [4.69, 9.17) is 4.74 Å². The van der Waals surface area contributed by atoms with Gasteiger partial charge in [-0.05, 0) is 55.3 Å². The van der Waals surface area contributed by atoms with Gasteiger partial charge in [0.25, 0.3) is 5.91 Å². The number of nitrogens with one attached hydrogen (secondary N) is 1. The average Bonchev–Trinajstić information content (AvgIpc) is 3.06. The minimum absolute atomic E-state index is 0.0869. The fraction of sp³-hybridized carbons (Fsp3) is 0.211. The van der Waals surface area contributed by atoms with Crippen LogP contribution in [-0.2, 0) is 13.0 Å². The number of benzene rings is 1. The number of nitrogens with zero attached hydrogens (tertiary/aromatic N) is 2. The summed E-state index contributed by atoms with van der Waals surface area (Å²) in [7, 11) is 0. The van der Waals surface area contributed by atoms with E-state index < -0.39 is 0 Å². The van der Waals surface area contributed by atoms with Gasteiger partial charge in [0.1, 0.15) is 17.4 Å². The Balaban J connectivity index is 1.46. The summed E-state index contributed by atoms with van der Waals surface area (Å²) in [5.74, 6) is 0.636. The number of aryl methyl sites for hydroxylation is 1. The summed E-state index contributed by atoms with van der Waals surface area (Å²) in [6.07, 6.45) is 4.29. The molecule has 5 nitrogen and oxygen atoms in total. The van der Waals surface area contributed by atoms with Crippen molar-refractivity contribution in [2.75, 3.05) is 6.54 Å². The smallest absolute Gasteiger partial charge is 0.251 e. The average molecular weight is 353 g/mol. The normalized spacial score (nSPS) is 10.4. The minimum atomic E-state index is -0.0869. The molecule has 1 amide bonds. The molecular weight excluding hydrogens is 334 g/mol. The summed E-state index contributed by atoms with van der Waals surface area (Å²) in [4.78, 5) is 20.5. The second kappa shape index (κ2) is 8.39. The molecule has 2 heterocycles. The van der Waals surface area contributed by atoms with Gasteiger partial charge >= 0.3 is 0 Å². The van der Waals surface area contributed by atoms with Gasteiger partial charge in [-0.15, -0.1) is 11.3 Å². The number of ether oxygens (including phenoxy) is 1. The molecule has 0 fully saturated rings. The van der Waals surface area contributed by atoms with Crippen molar-refractivity contribution < 1.29 is 9.53 Å². The van der Waals surface area contributed by atoms with Crippen LogP contribution in [0.5, 0.6) is 5.75 Å². The van der Waals surface area contributed by atoms with E-state index in [2.05, 4.69) is 15.3 Å². The zero-order valence-corrected chi connectivity index (χ0v) is 14.8. The van der Waals surface area contributed by atoms with E-state index in [0.717, 1.165) is 28.4 Å². The van der Waals surface area contributed by atoms with E-state index in [1.165, 1.54) is 0 Å². The Bertz CT molecular complexity index is 816. The molecule has 3 aromatic rings. The van der Waals surface area contributed by atoms with Gasteiger partial charge in [0.05, 0.1) is 0 Å². The predicted molar refractivity (Wildman–Crippen MR) is 97.9 cm³/mol. The molecule has 0 saturated carbocycles. The van der Waals surface area contributed by atoms with Crippen molar-refractivity contribution in [2.24, 2.45) is 0 Å². The Morgan fingerprint density at radius 1 is 1.16 bits per heavy atom. The lowest BCUT2D eigenvalue weighted by atomic mass is 10.2. The molecule has 0 atom stereocenters. The zero-order chi connectivity index (χ0) is 17.5. The van der Waals surface area contributed by atoms with Crippen LogP contribution in [0.3, 0.4) is 0 Å². The first-order valence-corrected chi connectivity index (χ1v) is 8.89. The molecule has 0 aliphatic rings. The van der Waals surface area contributed by atoms with Crippen LogP contribution in [-0.4, -0.2) is 22.4 Å². The zero-order valence-electron chi connectivity index (χ0n) is 13.9. The number of thiazole rings is 1. The van der Waals surface area contributed by atoms with Crippen molar-refractivity contribution in [3.63, 3.8) is 0 Å². The lowest BCUT2D eigenvalue weighted by Gasteiger charge is -2.07. The maximum Gasteiger partial charge on any atom is 0.251 e. The highest BCUT2D eigenvalue weighted by molar-refractivity contribution is 7.09. The monoisotopic (exact) mass is 353 g/mol. The highest BCUT2D eigenvalue weighted by Crippen LogP contribution is 2.16. The molecule has 128 valence electrons. The van der Waals surface area contributed by atoms with Crippen molar-refractivity contribution in [2.45, 2.75) is 20.0 Å². The number of rotatable bonds is 7. The number of pyridine rings is 1. The molecule has 0 saturated heterocycles. The van der Waals surface area contributed by atoms with Gasteiger partial charge in [-0.2, -0.15) is 0 Å². The van der Waals surface area contributed by atoms with Crippen LogP contribution in [0, 0.1) is 6.92 Å². The third-order valence-electron chi connectivity index (χ3n) is 3.59. The molecule has 2 aromatic heterocycles. The van der Waals surface area contributed by atoms with E-state index >= 15 is 0 Å². The lowest BCUT2D eigenvalue weighted by molar-refractivity contribution is 0.0954. The molecule has 0 unspecified atom stereocenters. The van der Waals surface area contributed by atoms with Crippen LogP contribution in [0.15, 0.2) is 54.2 Å². The molecule has 0 bridgehead atoms. The highest BCUT2D eigenvalue weighted by Gasteiger charge is 2.06. The number of carbonyl (C=O) groups is 1. The first-order chi connectivity index (χ1) is 12.2. The summed E-state index contributed by atoms with van der Waals surface area (Å²) >= 11 is 1.58. The summed E-state index contributed by atoms with van der Waals surface area (Å²) in [5.41, 5.74) is 2.77. The fourth-order valence-corrected chi connectivity index (χ4v) is 2.97. The van der Waals surface area contributed by atoms with E-state index in [1.54, 1.807) is 48.0 Å². The van der Waals surface area contributed by atoms with Crippen LogP contribution in [0.1, 0.15) is 26.6 Å². The van der Waals surface area contributed by atoms with Gasteiger partial charge in [0, 0.05) is 35.6 Å². The topological polar surface area (TPSA) is 64.1 Å². The van der Waals surface area contributed by atoms with Crippen molar-refractivity contribution in [1.82, 2.24) is 15.3 Å². The maximum atomic E-state index is 12.2. The van der Waals surface area contributed by atoms with E-state index in [1.807, 2.05) is 24.4 Å². The molecule has 6 heteroatoms. The summed E-state index contributed by atoms with van der Waals surface area (Å²) in [6.45, 7) is 2.99. The predicted octanol–water partition coefficient (Wildman–Crippen LogP) is 3.40. The van der Waals surface area contributed by atoms with Crippen molar-refractivity contribution in [1.29, 1.82) is 0 Å². The Kier molecular flexibility index (Phi) is 5.74. The molecule has 1 aromatic carbocycles. The molecule has 0 radical (unpaired) electrons. The standard InChI is InChI=1S/C19H19N3O2S/c1-14-13-25-18(22-14)12-24-17-4-2-16(3-5-17)19(23)21-11-8-15-6-9-20-10-7-15/h2-7,9-10,13H,8,11-12H2,1H3,(H,21,23). The number of amides is 1. The molecule has 1 N–H and O–H groups in total. The molecular formula is C19H19N3O2S. The summed E-state index contributed by atoms with van der Waals surface area (Å²) < 4.78 is 5.69. The van der Waals surface area contributed by atoms with Crippen molar-refractivity contribution in [3.8, 4) is 5.75 Å². The fourth-order valence-electron chi connectivity index (χ4n) is 2.29. The molecule has 3 rings (SSSR count). The van der Waals surface area contributed by atoms with Gasteiger partial charge in [0.2, 0.25) is 0 Å². The Morgan fingerprint density at radius 2 is 1.92 bits per heavy atom. The minimum Gasteiger partial charge on any atom is -0.486 e. The number of aromatic nitrogens is 2. The van der Waals surface area contributed by atoms with Crippen LogP contribution in [0.25, 0.3) is 0 Å². The van der Waals surface area contributed by atoms with Gasteiger partial charge in [-0.1, -0.05) is 0 Å². The first-order valence-electron chi connectivity index (χ1n) is 8.02. The number of carbonyl (C=O) groups excluding carboxylic acids is 1. The lowest BCUT2D eigenvalue weighted by Crippen LogP contribution is -2.25. The molecule has 0 aliphatic carbocycles. The SMILES string of the molecule is Cc1csc(COc2ccc(C(=O)NCCc3ccncc3)cc2)n1. The molecule has 0 aliphatic heterocycles. The van der Waals surface area contributed by atoms with Crippen LogP contribution < -0.4 is 10.1 Å². The third-order valence-corrected chi connectivity index (χ3v) is 4.53. The first kappa shape index (κ1) is 17.1. The summed E-state index contributed by atoms with van der Waals surface area (Å²) in [6, 6.07) is 11.0. The summed E-state index contributed by atoms with van der Waals surface area (Å²) in [5, 5.41) is 5.86. The highest BCUT2D eigenvalue weighted by atomic mass is 32.1. The largest absolute Gasteiger partial charge is 0.486 e. The van der Waals surface area contributed by atoms with E-state index in [9.17, 15) is 4.79 Å². The van der Waals surface area contributed by atoms with E-state index in [0.29, 0.717) is 18.7 Å². The van der Waals surface area contributed by atoms with Gasteiger partial charge in [-0.3, -0.25) is 9.78 Å². The van der Waals surface area contributed by atoms with Gasteiger partial charge in [0.15, 0.2) is 0 Å². The second-order valence-electron chi connectivity index (χ2n) is 5.56.